The number of carboxylic acid groups (broad SMARTS) is 4. The van der Waals surface area contributed by atoms with E-state index < -0.39 is 48.4 Å². The van der Waals surface area contributed by atoms with Gasteiger partial charge in [0, 0.05) is 0 Å². The van der Waals surface area contributed by atoms with E-state index in [1.165, 1.54) is 13.8 Å². The van der Waals surface area contributed by atoms with Gasteiger partial charge in [0.2, 0.25) is 0 Å². The lowest BCUT2D eigenvalue weighted by atomic mass is 10.2. The molecule has 3 unspecified atom stereocenters. The Bertz CT molecular complexity index is 338. The van der Waals surface area contributed by atoms with Gasteiger partial charge in [-0.1, -0.05) is 0 Å². The molecule has 11 nitrogen and oxygen atoms in total. The number of rotatable bonds is 5. The van der Waals surface area contributed by atoms with Gasteiger partial charge in [0.25, 0.3) is 0 Å². The van der Waals surface area contributed by atoms with Gasteiger partial charge in [-0.2, -0.15) is 0 Å². The minimum atomic E-state index is -1.29. The van der Waals surface area contributed by atoms with Crippen molar-refractivity contribution in [1.82, 2.24) is 0 Å². The smallest absolute Gasteiger partial charge is 0.321 e. The van der Waals surface area contributed by atoms with Crippen molar-refractivity contribution in [3.05, 3.63) is 0 Å². The van der Waals surface area contributed by atoms with Gasteiger partial charge >= 0.3 is 23.9 Å². The van der Waals surface area contributed by atoms with E-state index in [1.54, 1.807) is 0 Å². The fraction of sp³-hybridized carbons (Fsp3) is 0.600. The zero-order valence-electron chi connectivity index (χ0n) is 11.6. The number of aliphatic carboxylic acids is 4. The third-order valence-corrected chi connectivity index (χ3v) is 1.49. The molecule has 0 aromatic heterocycles. The monoisotopic (exact) mass is 311 g/mol. The molecule has 0 amide bonds. The van der Waals surface area contributed by atoms with Crippen molar-refractivity contribution in [2.45, 2.75) is 38.4 Å². The summed E-state index contributed by atoms with van der Waals surface area (Å²) in [4.78, 5) is 38.8. The van der Waals surface area contributed by atoms with Gasteiger partial charge in [-0.3, -0.25) is 19.2 Å². The Hall–Kier alpha value is -2.24. The first-order chi connectivity index (χ1) is 9.32. The van der Waals surface area contributed by atoms with Crippen LogP contribution >= 0.6 is 0 Å². The van der Waals surface area contributed by atoms with Crippen molar-refractivity contribution in [2.75, 3.05) is 0 Å². The summed E-state index contributed by atoms with van der Waals surface area (Å²) in [6.45, 7) is 2.84. The predicted octanol–water partition coefficient (Wildman–Crippen LogP) is -2.29. The van der Waals surface area contributed by atoms with Crippen LogP contribution in [0, 0.1) is 0 Å². The summed E-state index contributed by atoms with van der Waals surface area (Å²) < 4.78 is 0. The highest BCUT2D eigenvalue weighted by atomic mass is 16.4. The summed E-state index contributed by atoms with van der Waals surface area (Å²) in [6.07, 6.45) is -0.532. The molecule has 3 atom stereocenters. The average Bonchev–Trinajstić information content (AvgIpc) is 2.29. The SMILES string of the molecule is CC(N)C(=O)O.CC(N)C(=O)O.NC(CC(=O)O)C(=O)O. The standard InChI is InChI=1S/C4H7NO4.2C3H7NO2/c5-2(4(8)9)1-3(6)7;2*1-2(4)3(5)6/h2H,1,5H2,(H,6,7)(H,8,9);2*2H,4H2,1H3,(H,5,6). The van der Waals surface area contributed by atoms with Gasteiger partial charge in [0.1, 0.15) is 18.1 Å². The molecule has 0 saturated carbocycles. The second-order valence-corrected chi connectivity index (χ2v) is 3.80. The Morgan fingerprint density at radius 3 is 1.05 bits per heavy atom. The fourth-order valence-corrected chi connectivity index (χ4v) is 0.275. The summed E-state index contributed by atoms with van der Waals surface area (Å²) in [6, 6.07) is -2.75. The zero-order chi connectivity index (χ0) is 17.7. The fourth-order valence-electron chi connectivity index (χ4n) is 0.275. The molecule has 0 bridgehead atoms. The Kier molecular flexibility index (Phi) is 14.5. The van der Waals surface area contributed by atoms with Gasteiger partial charge in [-0.25, -0.2) is 0 Å². The summed E-state index contributed by atoms with van der Waals surface area (Å²) in [5.41, 5.74) is 14.5. The van der Waals surface area contributed by atoms with Gasteiger partial charge in [0.15, 0.2) is 0 Å². The van der Waals surface area contributed by atoms with Crippen LogP contribution < -0.4 is 17.2 Å². The van der Waals surface area contributed by atoms with E-state index in [2.05, 4.69) is 0 Å². The normalized spacial score (nSPS) is 13.2. The molecule has 0 fully saturated rings. The highest BCUT2D eigenvalue weighted by Crippen LogP contribution is 1.86. The van der Waals surface area contributed by atoms with Crippen molar-refractivity contribution in [2.24, 2.45) is 17.2 Å². The second-order valence-electron chi connectivity index (χ2n) is 3.80. The van der Waals surface area contributed by atoms with Crippen molar-refractivity contribution < 1.29 is 39.6 Å². The van der Waals surface area contributed by atoms with Gasteiger partial charge in [-0.15, -0.1) is 0 Å². The van der Waals surface area contributed by atoms with Crippen LogP contribution in [-0.4, -0.2) is 62.4 Å². The molecule has 124 valence electrons. The molecule has 0 heterocycles. The molecule has 0 spiro atoms. The largest absolute Gasteiger partial charge is 0.481 e. The maximum absolute atomic E-state index is 9.85. The maximum Gasteiger partial charge on any atom is 0.321 e. The second kappa shape index (κ2) is 12.8. The molecule has 0 aliphatic rings. The topological polar surface area (TPSA) is 227 Å². The first kappa shape index (κ1) is 23.8. The van der Waals surface area contributed by atoms with E-state index in [-0.39, 0.29) is 0 Å². The van der Waals surface area contributed by atoms with Crippen LogP contribution in [0.2, 0.25) is 0 Å². The molecule has 0 aliphatic heterocycles. The Morgan fingerprint density at radius 2 is 1.00 bits per heavy atom. The summed E-state index contributed by atoms with van der Waals surface area (Å²) in [7, 11) is 0. The van der Waals surface area contributed by atoms with E-state index >= 15 is 0 Å². The predicted molar refractivity (Wildman–Crippen MR) is 70.4 cm³/mol. The van der Waals surface area contributed by atoms with Gasteiger partial charge in [-0.05, 0) is 13.8 Å². The first-order valence-corrected chi connectivity index (χ1v) is 5.49. The molecule has 0 saturated heterocycles. The summed E-state index contributed by atoms with van der Waals surface area (Å²) in [5.74, 6) is -4.42. The Morgan fingerprint density at radius 1 is 0.762 bits per heavy atom. The minimum Gasteiger partial charge on any atom is -0.481 e. The molecule has 0 radical (unpaired) electrons. The van der Waals surface area contributed by atoms with Crippen LogP contribution in [0.4, 0.5) is 0 Å². The number of nitrogens with two attached hydrogens (primary N) is 3. The quantitative estimate of drug-likeness (QED) is 0.285. The molecule has 0 aromatic carbocycles. The van der Waals surface area contributed by atoms with Crippen LogP contribution in [0.1, 0.15) is 20.3 Å². The van der Waals surface area contributed by atoms with Gasteiger partial charge < -0.3 is 37.6 Å². The molecule has 11 heteroatoms. The van der Waals surface area contributed by atoms with Crippen molar-refractivity contribution in [3.63, 3.8) is 0 Å². The van der Waals surface area contributed by atoms with Crippen molar-refractivity contribution >= 4 is 23.9 Å². The summed E-state index contributed by atoms with van der Waals surface area (Å²) >= 11 is 0. The lowest BCUT2D eigenvalue weighted by Crippen LogP contribution is -2.32. The van der Waals surface area contributed by atoms with E-state index in [9.17, 15) is 19.2 Å². The van der Waals surface area contributed by atoms with Crippen molar-refractivity contribution in [1.29, 1.82) is 0 Å². The minimum absolute atomic E-state index is 0.532. The molecular weight excluding hydrogens is 290 g/mol. The lowest BCUT2D eigenvalue weighted by molar-refractivity contribution is -0.144. The van der Waals surface area contributed by atoms with Gasteiger partial charge in [0.05, 0.1) is 6.42 Å². The van der Waals surface area contributed by atoms with Crippen LogP contribution in [0.15, 0.2) is 0 Å². The van der Waals surface area contributed by atoms with E-state index in [0.29, 0.717) is 0 Å². The van der Waals surface area contributed by atoms with Crippen LogP contribution in [-0.2, 0) is 19.2 Å². The molecular formula is C10H21N3O8. The molecule has 21 heavy (non-hydrogen) atoms. The highest BCUT2D eigenvalue weighted by molar-refractivity contribution is 5.80. The van der Waals surface area contributed by atoms with Crippen LogP contribution in [0.3, 0.4) is 0 Å². The number of hydrogen-bond donors (Lipinski definition) is 7. The molecule has 10 N–H and O–H groups in total. The average molecular weight is 311 g/mol. The first-order valence-electron chi connectivity index (χ1n) is 5.49. The lowest BCUT2D eigenvalue weighted by Gasteiger charge is -1.99. The number of hydrogen-bond acceptors (Lipinski definition) is 7. The Labute approximate surface area is 120 Å². The number of carbonyl (C=O) groups is 4. The Balaban J connectivity index is -0.000000240. The third kappa shape index (κ3) is 23.3. The molecule has 0 aliphatic carbocycles. The van der Waals surface area contributed by atoms with Crippen LogP contribution in [0.5, 0.6) is 0 Å². The van der Waals surface area contributed by atoms with Crippen molar-refractivity contribution in [3.8, 4) is 0 Å². The van der Waals surface area contributed by atoms with Crippen LogP contribution in [0.25, 0.3) is 0 Å². The van der Waals surface area contributed by atoms with E-state index in [4.69, 9.17) is 37.6 Å². The highest BCUT2D eigenvalue weighted by Gasteiger charge is 2.14. The van der Waals surface area contributed by atoms with E-state index in [1.807, 2.05) is 0 Å². The molecule has 0 aromatic rings. The maximum atomic E-state index is 9.85. The summed E-state index contributed by atoms with van der Waals surface area (Å²) in [5, 5.41) is 31.8. The third-order valence-electron chi connectivity index (χ3n) is 1.49. The zero-order valence-corrected chi connectivity index (χ0v) is 11.6. The van der Waals surface area contributed by atoms with E-state index in [0.717, 1.165) is 0 Å². The molecule has 0 rings (SSSR count). The number of carboxylic acids is 4.